The zero-order valence-corrected chi connectivity index (χ0v) is 11.8. The molecule has 0 atom stereocenters. The Morgan fingerprint density at radius 3 is 2.43 bits per heavy atom. The molecule has 1 aromatic heterocycles. The molecule has 0 spiro atoms. The van der Waals surface area contributed by atoms with Crippen LogP contribution in [0, 0.1) is 5.82 Å². The van der Waals surface area contributed by atoms with Crippen molar-refractivity contribution in [1.29, 1.82) is 0 Å². The first-order valence-corrected chi connectivity index (χ1v) is 6.23. The molecule has 0 aliphatic rings. The second kappa shape index (κ2) is 5.82. The molecule has 0 aliphatic heterocycles. The first-order chi connectivity index (χ1) is 9.82. The molecule has 2 aromatic rings. The van der Waals surface area contributed by atoms with E-state index in [1.54, 1.807) is 0 Å². The third-order valence-corrected chi connectivity index (χ3v) is 3.22. The van der Waals surface area contributed by atoms with E-state index >= 15 is 0 Å². The third-order valence-electron chi connectivity index (χ3n) is 2.47. The second-order valence-corrected chi connectivity index (χ2v) is 4.64. The Bertz CT molecular complexity index is 662. The fraction of sp³-hybridized carbons (Fsp3) is 0.0909. The number of hydrazine groups is 1. The lowest BCUT2D eigenvalue weighted by atomic mass is 10.2. The molecule has 0 unspecified atom stereocenters. The average Bonchev–Trinajstić information content (AvgIpc) is 2.42. The number of aromatic nitrogens is 2. The first-order valence-electron chi connectivity index (χ1n) is 5.44. The van der Waals surface area contributed by atoms with Crippen LogP contribution in [-0.2, 0) is 6.18 Å². The van der Waals surface area contributed by atoms with Crippen molar-refractivity contribution in [2.24, 2.45) is 5.84 Å². The minimum absolute atomic E-state index is 0.0659. The van der Waals surface area contributed by atoms with E-state index in [0.29, 0.717) is 12.1 Å². The molecule has 0 saturated carbocycles. The van der Waals surface area contributed by atoms with Crippen LogP contribution in [0.15, 0.2) is 29.0 Å². The molecule has 2 rings (SSSR count). The zero-order valence-electron chi connectivity index (χ0n) is 10.2. The van der Waals surface area contributed by atoms with Crippen molar-refractivity contribution in [1.82, 2.24) is 9.97 Å². The molecule has 0 amide bonds. The Morgan fingerprint density at radius 1 is 1.14 bits per heavy atom. The van der Waals surface area contributed by atoms with Gasteiger partial charge in [-0.3, -0.25) is 0 Å². The predicted molar refractivity (Wildman–Crippen MR) is 72.2 cm³/mol. The Hall–Kier alpha value is -1.94. The molecule has 21 heavy (non-hydrogen) atoms. The summed E-state index contributed by atoms with van der Waals surface area (Å²) < 4.78 is 51.8. The first kappa shape index (κ1) is 15.4. The van der Waals surface area contributed by atoms with E-state index in [1.807, 2.05) is 0 Å². The summed E-state index contributed by atoms with van der Waals surface area (Å²) in [6.45, 7) is 0. The lowest BCUT2D eigenvalue weighted by Crippen LogP contribution is -2.11. The molecular weight excluding hydrogens is 358 g/mol. The van der Waals surface area contributed by atoms with Crippen molar-refractivity contribution < 1.29 is 17.6 Å². The van der Waals surface area contributed by atoms with E-state index in [1.165, 1.54) is 0 Å². The van der Waals surface area contributed by atoms with E-state index in [2.05, 4.69) is 36.6 Å². The summed E-state index contributed by atoms with van der Waals surface area (Å²) in [6, 6.07) is 2.03. The maximum Gasteiger partial charge on any atom is 0.416 e. The van der Waals surface area contributed by atoms with E-state index in [4.69, 9.17) is 5.84 Å². The highest BCUT2D eigenvalue weighted by molar-refractivity contribution is 9.10. The molecule has 112 valence electrons. The summed E-state index contributed by atoms with van der Waals surface area (Å²) in [4.78, 5) is 7.57. The Labute approximate surface area is 124 Å². The number of halogens is 5. The van der Waals surface area contributed by atoms with Crippen molar-refractivity contribution in [2.75, 3.05) is 10.7 Å². The van der Waals surface area contributed by atoms with Crippen LogP contribution in [0.2, 0.25) is 0 Å². The fourth-order valence-corrected chi connectivity index (χ4v) is 1.90. The highest BCUT2D eigenvalue weighted by Gasteiger charge is 2.31. The molecule has 1 heterocycles. The number of hydrogen-bond acceptors (Lipinski definition) is 5. The number of nitrogens with zero attached hydrogens (tertiary/aromatic N) is 2. The van der Waals surface area contributed by atoms with Gasteiger partial charge in [-0.2, -0.15) is 13.2 Å². The van der Waals surface area contributed by atoms with Gasteiger partial charge in [-0.05, 0) is 34.1 Å². The lowest BCUT2D eigenvalue weighted by Gasteiger charge is -2.13. The highest BCUT2D eigenvalue weighted by atomic mass is 79.9. The van der Waals surface area contributed by atoms with Crippen LogP contribution in [0.4, 0.5) is 34.9 Å². The van der Waals surface area contributed by atoms with Crippen molar-refractivity contribution in [3.8, 4) is 0 Å². The van der Waals surface area contributed by atoms with Crippen molar-refractivity contribution in [3.05, 3.63) is 40.4 Å². The SMILES string of the molecule is NNc1ncnc(Nc2cc(C(F)(F)F)ccc2F)c1Br. The number of nitrogen functional groups attached to an aromatic ring is 1. The van der Waals surface area contributed by atoms with Crippen molar-refractivity contribution in [3.63, 3.8) is 0 Å². The Morgan fingerprint density at radius 2 is 1.81 bits per heavy atom. The topological polar surface area (TPSA) is 75.9 Å². The molecule has 4 N–H and O–H groups in total. The molecule has 0 saturated heterocycles. The number of rotatable bonds is 3. The summed E-state index contributed by atoms with van der Waals surface area (Å²) in [5, 5.41) is 2.46. The number of nitrogens with two attached hydrogens (primary N) is 1. The van der Waals surface area contributed by atoms with Crippen LogP contribution in [-0.4, -0.2) is 9.97 Å². The van der Waals surface area contributed by atoms with Crippen LogP contribution in [0.25, 0.3) is 0 Å². The van der Waals surface area contributed by atoms with Gasteiger partial charge in [0.25, 0.3) is 0 Å². The monoisotopic (exact) mass is 365 g/mol. The number of benzene rings is 1. The standard InChI is InChI=1S/C11H8BrF4N5/c12-8-9(18-4-19-10(8)21-17)20-7-3-5(11(14,15)16)1-2-6(7)13/h1-4H,17H2,(H2,18,19,20,21). The summed E-state index contributed by atoms with van der Waals surface area (Å²) in [5.74, 6) is 4.61. The molecule has 1 aromatic carbocycles. The summed E-state index contributed by atoms with van der Waals surface area (Å²) in [6.07, 6.45) is -3.45. The highest BCUT2D eigenvalue weighted by Crippen LogP contribution is 2.34. The van der Waals surface area contributed by atoms with Gasteiger partial charge in [-0.1, -0.05) is 0 Å². The number of anilines is 3. The van der Waals surface area contributed by atoms with Crippen molar-refractivity contribution >= 4 is 33.3 Å². The summed E-state index contributed by atoms with van der Waals surface area (Å²) in [5.41, 5.74) is 0.914. The van der Waals surface area contributed by atoms with Gasteiger partial charge in [0.2, 0.25) is 0 Å². The van der Waals surface area contributed by atoms with Gasteiger partial charge in [0, 0.05) is 0 Å². The van der Waals surface area contributed by atoms with Gasteiger partial charge in [0.05, 0.1) is 11.3 Å². The van der Waals surface area contributed by atoms with Crippen LogP contribution >= 0.6 is 15.9 Å². The van der Waals surface area contributed by atoms with Crippen LogP contribution in [0.5, 0.6) is 0 Å². The smallest absolute Gasteiger partial charge is 0.337 e. The molecule has 10 heteroatoms. The number of nitrogens with one attached hydrogen (secondary N) is 2. The van der Waals surface area contributed by atoms with Crippen LogP contribution < -0.4 is 16.6 Å². The summed E-state index contributed by atoms with van der Waals surface area (Å²) >= 11 is 3.11. The van der Waals surface area contributed by atoms with E-state index in [0.717, 1.165) is 12.4 Å². The van der Waals surface area contributed by atoms with Crippen molar-refractivity contribution in [2.45, 2.75) is 6.18 Å². The quantitative estimate of drug-likeness (QED) is 0.441. The average molecular weight is 366 g/mol. The fourth-order valence-electron chi connectivity index (χ4n) is 1.48. The van der Waals surface area contributed by atoms with Gasteiger partial charge in [0.1, 0.15) is 22.4 Å². The van der Waals surface area contributed by atoms with Gasteiger partial charge in [-0.15, -0.1) is 0 Å². The van der Waals surface area contributed by atoms with E-state index < -0.39 is 17.6 Å². The third kappa shape index (κ3) is 3.39. The molecule has 0 fully saturated rings. The molecule has 0 aliphatic carbocycles. The minimum Gasteiger partial charge on any atom is -0.337 e. The Kier molecular flexibility index (Phi) is 4.28. The minimum atomic E-state index is -4.57. The number of alkyl halides is 3. The number of hydrogen-bond donors (Lipinski definition) is 3. The zero-order chi connectivity index (χ0) is 15.6. The van der Waals surface area contributed by atoms with Crippen LogP contribution in [0.1, 0.15) is 5.56 Å². The second-order valence-electron chi connectivity index (χ2n) is 3.85. The van der Waals surface area contributed by atoms with Crippen LogP contribution in [0.3, 0.4) is 0 Å². The van der Waals surface area contributed by atoms with Gasteiger partial charge in [0.15, 0.2) is 5.82 Å². The largest absolute Gasteiger partial charge is 0.416 e. The molecule has 5 nitrogen and oxygen atoms in total. The molecular formula is C11H8BrF4N5. The van der Waals surface area contributed by atoms with Gasteiger partial charge < -0.3 is 10.7 Å². The molecule has 0 radical (unpaired) electrons. The maximum absolute atomic E-state index is 13.6. The predicted octanol–water partition coefficient (Wildman–Crippen LogP) is 3.43. The summed E-state index contributed by atoms with van der Waals surface area (Å²) in [7, 11) is 0. The van der Waals surface area contributed by atoms with Gasteiger partial charge in [-0.25, -0.2) is 20.2 Å². The van der Waals surface area contributed by atoms with E-state index in [-0.39, 0.29) is 21.8 Å². The molecule has 0 bridgehead atoms. The maximum atomic E-state index is 13.6. The Balaban J connectivity index is 2.40. The normalized spacial score (nSPS) is 11.3. The van der Waals surface area contributed by atoms with Gasteiger partial charge >= 0.3 is 6.18 Å². The lowest BCUT2D eigenvalue weighted by molar-refractivity contribution is -0.137. The van der Waals surface area contributed by atoms with E-state index in [9.17, 15) is 17.6 Å².